The van der Waals surface area contributed by atoms with Gasteiger partial charge in [-0.2, -0.15) is 5.10 Å². The fraction of sp³-hybridized carbons (Fsp3) is 0.235. The molecule has 1 aromatic carbocycles. The Labute approximate surface area is 147 Å². The molecular weight excluding hydrogens is 376 g/mol. The normalized spacial score (nSPS) is 11.4. The second kappa shape index (κ2) is 7.92. The number of amides is 1. The first-order valence-corrected chi connectivity index (χ1v) is 8.06. The van der Waals surface area contributed by atoms with Gasteiger partial charge in [-0.25, -0.2) is 5.43 Å². The minimum Gasteiger partial charge on any atom is -0.550 e. The smallest absolute Gasteiger partial charge is 0.272 e. The Morgan fingerprint density at radius 2 is 2.00 bits per heavy atom. The third-order valence-electron chi connectivity index (χ3n) is 3.38. The molecule has 6 nitrogen and oxygen atoms in total. The van der Waals surface area contributed by atoms with E-state index in [-0.39, 0.29) is 18.7 Å². The molecule has 0 radical (unpaired) electrons. The van der Waals surface area contributed by atoms with Crippen LogP contribution in [0.5, 0.6) is 0 Å². The topological polar surface area (TPSA) is 94.7 Å². The van der Waals surface area contributed by atoms with Crippen LogP contribution in [0.1, 0.15) is 40.8 Å². The largest absolute Gasteiger partial charge is 0.550 e. The molecule has 0 saturated carbocycles. The first kappa shape index (κ1) is 17.9. The number of hydrazone groups is 1. The summed E-state index contributed by atoms with van der Waals surface area (Å²) < 4.78 is 6.18. The maximum Gasteiger partial charge on any atom is 0.272 e. The second-order valence-electron chi connectivity index (χ2n) is 5.17. The standard InChI is InChI=1S/C17H17BrN2O4/c1-10(14-9-12(24-11(14)2)7-8-16(21)22)19-20-17(23)13-5-3-4-6-15(13)18/h3-6,9H,7-8H2,1-2H3,(H,20,23)(H,21,22)/p-1/b19-10-. The van der Waals surface area contributed by atoms with Crippen LogP contribution in [0.15, 0.2) is 44.3 Å². The SMILES string of the molecule is C/C(=N/NC(=O)c1ccccc1Br)c1cc(CCC(=O)[O-])oc1C. The molecule has 0 spiro atoms. The van der Waals surface area contributed by atoms with E-state index in [2.05, 4.69) is 26.5 Å². The number of carbonyl (C=O) groups is 2. The van der Waals surface area contributed by atoms with E-state index in [1.165, 1.54) is 0 Å². The van der Waals surface area contributed by atoms with E-state index in [4.69, 9.17) is 4.42 Å². The number of carbonyl (C=O) groups excluding carboxylic acids is 2. The van der Waals surface area contributed by atoms with Gasteiger partial charge in [0.2, 0.25) is 0 Å². The zero-order valence-corrected chi connectivity index (χ0v) is 14.8. The summed E-state index contributed by atoms with van der Waals surface area (Å²) in [5.41, 5.74) is 4.26. The van der Waals surface area contributed by atoms with Gasteiger partial charge >= 0.3 is 0 Å². The highest BCUT2D eigenvalue weighted by atomic mass is 79.9. The van der Waals surface area contributed by atoms with Gasteiger partial charge in [0.15, 0.2) is 0 Å². The van der Waals surface area contributed by atoms with Crippen molar-refractivity contribution < 1.29 is 19.1 Å². The molecule has 2 aromatic rings. The predicted octanol–water partition coefficient (Wildman–Crippen LogP) is 2.19. The molecule has 0 fully saturated rings. The lowest BCUT2D eigenvalue weighted by molar-refractivity contribution is -0.305. The fourth-order valence-corrected chi connectivity index (χ4v) is 2.62. The van der Waals surface area contributed by atoms with Crippen LogP contribution in [0.25, 0.3) is 0 Å². The van der Waals surface area contributed by atoms with E-state index in [1.54, 1.807) is 38.1 Å². The number of benzene rings is 1. The molecule has 7 heteroatoms. The summed E-state index contributed by atoms with van der Waals surface area (Å²) in [6, 6.07) is 8.76. The summed E-state index contributed by atoms with van der Waals surface area (Å²) >= 11 is 3.32. The van der Waals surface area contributed by atoms with E-state index in [0.29, 0.717) is 27.3 Å². The number of hydrogen-bond donors (Lipinski definition) is 1. The first-order valence-electron chi connectivity index (χ1n) is 7.27. The molecule has 1 aromatic heterocycles. The molecule has 1 heterocycles. The van der Waals surface area contributed by atoms with Crippen molar-refractivity contribution >= 4 is 33.5 Å². The van der Waals surface area contributed by atoms with Crippen LogP contribution in [0.4, 0.5) is 0 Å². The van der Waals surface area contributed by atoms with Gasteiger partial charge in [-0.05, 0) is 54.4 Å². The monoisotopic (exact) mass is 391 g/mol. The molecule has 2 rings (SSSR count). The van der Waals surface area contributed by atoms with Gasteiger partial charge in [-0.3, -0.25) is 4.79 Å². The number of carboxylic acid groups (broad SMARTS) is 1. The maximum atomic E-state index is 12.1. The van der Waals surface area contributed by atoms with E-state index in [1.807, 2.05) is 6.07 Å². The zero-order chi connectivity index (χ0) is 17.7. The number of carboxylic acids is 1. The van der Waals surface area contributed by atoms with Crippen LogP contribution in [-0.4, -0.2) is 17.6 Å². The Hall–Kier alpha value is -2.41. The zero-order valence-electron chi connectivity index (χ0n) is 13.3. The summed E-state index contributed by atoms with van der Waals surface area (Å²) in [6.45, 7) is 3.49. The van der Waals surface area contributed by atoms with Crippen molar-refractivity contribution in [2.24, 2.45) is 5.10 Å². The lowest BCUT2D eigenvalue weighted by Crippen LogP contribution is -2.22. The maximum absolute atomic E-state index is 12.1. The Morgan fingerprint density at radius 1 is 1.29 bits per heavy atom. The fourth-order valence-electron chi connectivity index (χ4n) is 2.15. The van der Waals surface area contributed by atoms with Gasteiger partial charge in [0.25, 0.3) is 5.91 Å². The Kier molecular flexibility index (Phi) is 5.92. The summed E-state index contributed by atoms with van der Waals surface area (Å²) in [7, 11) is 0. The van der Waals surface area contributed by atoms with Crippen LogP contribution < -0.4 is 10.5 Å². The van der Waals surface area contributed by atoms with Crippen molar-refractivity contribution in [2.45, 2.75) is 26.7 Å². The van der Waals surface area contributed by atoms with Crippen molar-refractivity contribution in [3.8, 4) is 0 Å². The number of nitrogens with one attached hydrogen (secondary N) is 1. The lowest BCUT2D eigenvalue weighted by Gasteiger charge is -2.03. The molecule has 0 bridgehead atoms. The number of halogens is 1. The summed E-state index contributed by atoms with van der Waals surface area (Å²) in [5, 5.41) is 14.6. The average Bonchev–Trinajstić information content (AvgIpc) is 2.92. The van der Waals surface area contributed by atoms with Crippen LogP contribution in [0.2, 0.25) is 0 Å². The van der Waals surface area contributed by atoms with Gasteiger partial charge < -0.3 is 14.3 Å². The van der Waals surface area contributed by atoms with E-state index in [0.717, 1.165) is 5.56 Å². The first-order chi connectivity index (χ1) is 11.4. The number of rotatable bonds is 6. The third-order valence-corrected chi connectivity index (χ3v) is 4.07. The molecule has 1 amide bonds. The minimum atomic E-state index is -1.13. The molecule has 0 saturated heterocycles. The molecular formula is C17H16BrN2O4-. The summed E-state index contributed by atoms with van der Waals surface area (Å²) in [5.74, 6) is -0.310. The van der Waals surface area contributed by atoms with Gasteiger partial charge in [-0.15, -0.1) is 0 Å². The number of hydrogen-bond acceptors (Lipinski definition) is 5. The molecule has 126 valence electrons. The number of furan rings is 1. The van der Waals surface area contributed by atoms with E-state index in [9.17, 15) is 14.7 Å². The highest BCUT2D eigenvalue weighted by Crippen LogP contribution is 2.18. The molecule has 0 aliphatic heterocycles. The molecule has 1 N–H and O–H groups in total. The average molecular weight is 392 g/mol. The predicted molar refractivity (Wildman–Crippen MR) is 90.6 cm³/mol. The highest BCUT2D eigenvalue weighted by molar-refractivity contribution is 9.10. The highest BCUT2D eigenvalue weighted by Gasteiger charge is 2.12. The molecule has 24 heavy (non-hydrogen) atoms. The number of aryl methyl sites for hydroxylation is 2. The number of aliphatic carboxylic acids is 1. The second-order valence-corrected chi connectivity index (χ2v) is 6.03. The van der Waals surface area contributed by atoms with Crippen molar-refractivity contribution in [1.82, 2.24) is 5.43 Å². The summed E-state index contributed by atoms with van der Waals surface area (Å²) in [4.78, 5) is 22.6. The third kappa shape index (κ3) is 4.55. The van der Waals surface area contributed by atoms with Gasteiger partial charge in [0.05, 0.1) is 11.3 Å². The van der Waals surface area contributed by atoms with Gasteiger partial charge in [-0.1, -0.05) is 12.1 Å². The van der Waals surface area contributed by atoms with Crippen LogP contribution in [-0.2, 0) is 11.2 Å². The van der Waals surface area contributed by atoms with Crippen LogP contribution in [0, 0.1) is 6.92 Å². The molecule has 0 aliphatic rings. The van der Waals surface area contributed by atoms with Crippen molar-refractivity contribution in [3.05, 3.63) is 57.5 Å². The molecule has 0 aliphatic carbocycles. The van der Waals surface area contributed by atoms with Crippen molar-refractivity contribution in [3.63, 3.8) is 0 Å². The van der Waals surface area contributed by atoms with Crippen molar-refractivity contribution in [1.29, 1.82) is 0 Å². The van der Waals surface area contributed by atoms with Crippen LogP contribution in [0.3, 0.4) is 0 Å². The van der Waals surface area contributed by atoms with Crippen molar-refractivity contribution in [2.75, 3.05) is 0 Å². The Morgan fingerprint density at radius 3 is 2.67 bits per heavy atom. The van der Waals surface area contributed by atoms with Crippen LogP contribution >= 0.6 is 15.9 Å². The van der Waals surface area contributed by atoms with Gasteiger partial charge in [0, 0.05) is 22.4 Å². The molecule has 0 unspecified atom stereocenters. The van der Waals surface area contributed by atoms with E-state index < -0.39 is 5.97 Å². The van der Waals surface area contributed by atoms with Gasteiger partial charge in [0.1, 0.15) is 11.5 Å². The quantitative estimate of drug-likeness (QED) is 0.602. The number of nitrogens with zero attached hydrogens (tertiary/aromatic N) is 1. The molecule has 0 atom stereocenters. The summed E-state index contributed by atoms with van der Waals surface area (Å²) in [6.07, 6.45) is 0.140. The lowest BCUT2D eigenvalue weighted by atomic mass is 10.1. The Balaban J connectivity index is 2.09. The van der Waals surface area contributed by atoms with E-state index >= 15 is 0 Å². The Bertz CT molecular complexity index is 796. The minimum absolute atomic E-state index is 0.110.